The van der Waals surface area contributed by atoms with Crippen molar-refractivity contribution in [3.63, 3.8) is 0 Å². The van der Waals surface area contributed by atoms with Crippen LogP contribution in [0.4, 0.5) is 0 Å². The fraction of sp³-hybridized carbons (Fsp3) is 0.105. The van der Waals surface area contributed by atoms with Crippen LogP contribution in [0.5, 0.6) is 0 Å². The first kappa shape index (κ1) is 16.2. The zero-order valence-electron chi connectivity index (χ0n) is 13.0. The second kappa shape index (κ2) is 6.84. The van der Waals surface area contributed by atoms with Crippen LogP contribution in [0, 0.1) is 0 Å². The third-order valence-electron chi connectivity index (χ3n) is 3.73. The minimum atomic E-state index is -3.63. The van der Waals surface area contributed by atoms with Crippen LogP contribution in [-0.4, -0.2) is 25.2 Å². The van der Waals surface area contributed by atoms with E-state index in [4.69, 9.17) is 0 Å². The zero-order chi connectivity index (χ0) is 17.0. The van der Waals surface area contributed by atoms with Crippen LogP contribution in [0.25, 0.3) is 17.2 Å². The first-order valence-corrected chi connectivity index (χ1v) is 9.13. The average molecular weight is 339 g/mol. The first-order valence-electron chi connectivity index (χ1n) is 7.63. The molecule has 4 nitrogen and oxygen atoms in total. The quantitative estimate of drug-likeness (QED) is 0.805. The van der Waals surface area contributed by atoms with E-state index in [1.54, 1.807) is 12.2 Å². The molecule has 0 fully saturated rings. The van der Waals surface area contributed by atoms with Crippen LogP contribution in [0.15, 0.2) is 72.2 Å². The highest BCUT2D eigenvalue weighted by Crippen LogP contribution is 2.21. The highest BCUT2D eigenvalue weighted by atomic mass is 32.2. The molecule has 1 aliphatic rings. The lowest BCUT2D eigenvalue weighted by Crippen LogP contribution is -2.36. The van der Waals surface area contributed by atoms with Crippen molar-refractivity contribution in [1.82, 2.24) is 4.31 Å². The largest absolute Gasteiger partial charge is 0.269 e. The van der Waals surface area contributed by atoms with E-state index in [0.717, 1.165) is 26.4 Å². The van der Waals surface area contributed by atoms with E-state index in [1.807, 2.05) is 54.6 Å². The number of carbonyl (C=O) groups excluding carboxylic acids is 1. The van der Waals surface area contributed by atoms with Gasteiger partial charge in [0.1, 0.15) is 0 Å². The molecule has 0 spiro atoms. The Morgan fingerprint density at radius 2 is 1.75 bits per heavy atom. The van der Waals surface area contributed by atoms with E-state index >= 15 is 0 Å². The molecule has 3 rings (SSSR count). The summed E-state index contributed by atoms with van der Waals surface area (Å²) in [6.45, 7) is 0.187. The van der Waals surface area contributed by atoms with Gasteiger partial charge in [-0.15, -0.1) is 0 Å². The molecule has 0 saturated carbocycles. The van der Waals surface area contributed by atoms with Crippen LogP contribution in [0.3, 0.4) is 0 Å². The molecule has 0 saturated heterocycles. The van der Waals surface area contributed by atoms with Gasteiger partial charge in [-0.3, -0.25) is 4.79 Å². The Labute approximate surface area is 141 Å². The van der Waals surface area contributed by atoms with Gasteiger partial charge in [-0.05, 0) is 35.3 Å². The molecule has 0 unspecified atom stereocenters. The predicted octanol–water partition coefficient (Wildman–Crippen LogP) is 3.44. The molecule has 122 valence electrons. The smallest absolute Gasteiger partial charge is 0.260 e. The fourth-order valence-electron chi connectivity index (χ4n) is 2.52. The standard InChI is InChI=1S/C19H17NO3S/c21-19(20-13-4-5-14-24(20,22)23)12-11-16-7-6-10-18(15-16)17-8-2-1-3-9-17/h1-3,5-12,14-15H,4,13H2/b12-11+. The van der Waals surface area contributed by atoms with Gasteiger partial charge in [0.25, 0.3) is 15.9 Å². The second-order valence-electron chi connectivity index (χ2n) is 5.44. The van der Waals surface area contributed by atoms with Crippen molar-refractivity contribution in [3.05, 3.63) is 77.7 Å². The molecule has 24 heavy (non-hydrogen) atoms. The summed E-state index contributed by atoms with van der Waals surface area (Å²) in [5.74, 6) is -0.524. The first-order chi connectivity index (χ1) is 11.6. The summed E-state index contributed by atoms with van der Waals surface area (Å²) >= 11 is 0. The summed E-state index contributed by atoms with van der Waals surface area (Å²) in [7, 11) is -3.63. The number of nitrogens with zero attached hydrogens (tertiary/aromatic N) is 1. The minimum absolute atomic E-state index is 0.187. The van der Waals surface area contributed by atoms with Gasteiger partial charge in [0.15, 0.2) is 0 Å². The summed E-state index contributed by atoms with van der Waals surface area (Å²) in [5, 5.41) is 1.08. The van der Waals surface area contributed by atoms with Crippen molar-refractivity contribution < 1.29 is 13.2 Å². The zero-order valence-corrected chi connectivity index (χ0v) is 13.8. The second-order valence-corrected chi connectivity index (χ2v) is 7.18. The van der Waals surface area contributed by atoms with Crippen LogP contribution in [0.2, 0.25) is 0 Å². The Kier molecular flexibility index (Phi) is 4.62. The number of amides is 1. The van der Waals surface area contributed by atoms with Gasteiger partial charge in [-0.25, -0.2) is 12.7 Å². The summed E-state index contributed by atoms with van der Waals surface area (Å²) in [4.78, 5) is 12.2. The summed E-state index contributed by atoms with van der Waals surface area (Å²) in [5.41, 5.74) is 2.97. The third kappa shape index (κ3) is 3.63. The molecule has 1 heterocycles. The Morgan fingerprint density at radius 3 is 2.50 bits per heavy atom. The maximum absolute atomic E-state index is 12.2. The summed E-state index contributed by atoms with van der Waals surface area (Å²) < 4.78 is 24.6. The Bertz CT molecular complexity index is 899. The van der Waals surface area contributed by atoms with Gasteiger partial charge in [0.2, 0.25) is 0 Å². The Morgan fingerprint density at radius 1 is 1.00 bits per heavy atom. The lowest BCUT2D eigenvalue weighted by molar-refractivity contribution is -0.121. The van der Waals surface area contributed by atoms with Gasteiger partial charge >= 0.3 is 0 Å². The molecule has 2 aromatic rings. The topological polar surface area (TPSA) is 54.5 Å². The molecule has 0 aromatic heterocycles. The van der Waals surface area contributed by atoms with Crippen molar-refractivity contribution in [1.29, 1.82) is 0 Å². The fourth-order valence-corrected chi connectivity index (χ4v) is 3.72. The van der Waals surface area contributed by atoms with Crippen LogP contribution in [0.1, 0.15) is 12.0 Å². The molecule has 0 radical (unpaired) electrons. The van der Waals surface area contributed by atoms with Crippen LogP contribution in [-0.2, 0) is 14.8 Å². The van der Waals surface area contributed by atoms with E-state index in [0.29, 0.717) is 6.42 Å². The van der Waals surface area contributed by atoms with Gasteiger partial charge in [0.05, 0.1) is 0 Å². The number of carbonyl (C=O) groups is 1. The molecule has 0 bridgehead atoms. The SMILES string of the molecule is O=C(/C=C/c1cccc(-c2ccccc2)c1)N1CCC=CS1(=O)=O. The van der Waals surface area contributed by atoms with E-state index < -0.39 is 15.9 Å². The molecule has 1 amide bonds. The number of benzene rings is 2. The Balaban J connectivity index is 1.80. The van der Waals surface area contributed by atoms with Crippen molar-refractivity contribution in [2.45, 2.75) is 6.42 Å². The molecular weight excluding hydrogens is 322 g/mol. The molecule has 1 aliphatic heterocycles. The monoisotopic (exact) mass is 339 g/mol. The molecular formula is C19H17NO3S. The molecule has 2 aromatic carbocycles. The van der Waals surface area contributed by atoms with Gasteiger partial charge in [0, 0.05) is 18.0 Å². The van der Waals surface area contributed by atoms with E-state index in [1.165, 1.54) is 6.08 Å². The van der Waals surface area contributed by atoms with Gasteiger partial charge in [-0.1, -0.05) is 54.6 Å². The van der Waals surface area contributed by atoms with Crippen LogP contribution >= 0.6 is 0 Å². The minimum Gasteiger partial charge on any atom is -0.269 e. The predicted molar refractivity (Wildman–Crippen MR) is 95.3 cm³/mol. The van der Waals surface area contributed by atoms with E-state index in [9.17, 15) is 13.2 Å². The van der Waals surface area contributed by atoms with Crippen molar-refractivity contribution in [2.24, 2.45) is 0 Å². The molecule has 0 N–H and O–H groups in total. The van der Waals surface area contributed by atoms with Gasteiger partial charge < -0.3 is 0 Å². The molecule has 0 aliphatic carbocycles. The molecule has 0 atom stereocenters. The summed E-state index contributed by atoms with van der Waals surface area (Å²) in [6.07, 6.45) is 5.05. The van der Waals surface area contributed by atoms with Gasteiger partial charge in [-0.2, -0.15) is 0 Å². The van der Waals surface area contributed by atoms with E-state index in [-0.39, 0.29) is 6.54 Å². The maximum atomic E-state index is 12.2. The Hall–Kier alpha value is -2.66. The van der Waals surface area contributed by atoms with E-state index in [2.05, 4.69) is 0 Å². The maximum Gasteiger partial charge on any atom is 0.260 e. The normalized spacial score (nSPS) is 16.4. The highest BCUT2D eigenvalue weighted by Gasteiger charge is 2.25. The average Bonchev–Trinajstić information content (AvgIpc) is 2.60. The highest BCUT2D eigenvalue weighted by molar-refractivity contribution is 7.92. The summed E-state index contributed by atoms with van der Waals surface area (Å²) in [6, 6.07) is 17.7. The number of sulfonamides is 1. The number of hydrogen-bond donors (Lipinski definition) is 0. The van der Waals surface area contributed by atoms with Crippen molar-refractivity contribution in [3.8, 4) is 11.1 Å². The number of rotatable bonds is 3. The lowest BCUT2D eigenvalue weighted by Gasteiger charge is -2.21. The number of hydrogen-bond acceptors (Lipinski definition) is 3. The van der Waals surface area contributed by atoms with Crippen molar-refractivity contribution in [2.75, 3.05) is 6.54 Å². The third-order valence-corrected chi connectivity index (χ3v) is 5.25. The lowest BCUT2D eigenvalue weighted by atomic mass is 10.0. The molecule has 5 heteroatoms. The van der Waals surface area contributed by atoms with Crippen molar-refractivity contribution >= 4 is 22.0 Å². The van der Waals surface area contributed by atoms with Crippen LogP contribution < -0.4 is 0 Å².